The summed E-state index contributed by atoms with van der Waals surface area (Å²) in [6.45, 7) is 16.6. The van der Waals surface area contributed by atoms with E-state index >= 15 is 0 Å². The van der Waals surface area contributed by atoms with Gasteiger partial charge < -0.3 is 36.0 Å². The Morgan fingerprint density at radius 3 is 2.22 bits per heavy atom. The highest BCUT2D eigenvalue weighted by atomic mass is 32.2. The maximum Gasteiger partial charge on any atom is 0.315 e. The molecule has 0 aliphatic carbocycles. The van der Waals surface area contributed by atoms with E-state index in [-0.39, 0.29) is 36.5 Å². The first-order valence-electron chi connectivity index (χ1n) is 16.4. The molecule has 0 spiro atoms. The Morgan fingerprint density at radius 2 is 1.65 bits per heavy atom. The summed E-state index contributed by atoms with van der Waals surface area (Å²) >= 11 is -2.37. The van der Waals surface area contributed by atoms with Crippen LogP contribution in [0.25, 0.3) is 0 Å². The zero-order valence-electron chi connectivity index (χ0n) is 29.5. The number of likely N-dealkylation sites (tertiary alicyclic amines) is 1. The number of carbonyl (C=O) groups is 6. The van der Waals surface area contributed by atoms with Crippen molar-refractivity contribution < 1.29 is 37.5 Å². The molecule has 6 N–H and O–H groups in total. The largest absolute Gasteiger partial charge is 0.350 e. The second-order valence-corrected chi connectivity index (χ2v) is 15.1. The Morgan fingerprint density at radius 1 is 1.00 bits per heavy atom. The first-order valence-corrected chi connectivity index (χ1v) is 17.5. The fourth-order valence-electron chi connectivity index (χ4n) is 5.35. The summed E-state index contributed by atoms with van der Waals surface area (Å²) in [6, 6.07) is 1.62. The van der Waals surface area contributed by atoms with Gasteiger partial charge in [-0.3, -0.25) is 24.0 Å². The number of nitrogens with one attached hydrogen (secondary N) is 5. The Bertz CT molecular complexity index is 1420. The van der Waals surface area contributed by atoms with Gasteiger partial charge in [-0.15, -0.1) is 6.58 Å². The predicted molar refractivity (Wildman–Crippen MR) is 186 cm³/mol. The first kappa shape index (κ1) is 41.1. The predicted octanol–water partition coefficient (Wildman–Crippen LogP) is 2.27. The minimum Gasteiger partial charge on any atom is -0.350 e. The van der Waals surface area contributed by atoms with E-state index in [1.165, 1.54) is 23.1 Å². The van der Waals surface area contributed by atoms with Gasteiger partial charge in [0.1, 0.15) is 12.1 Å². The lowest BCUT2D eigenvalue weighted by Crippen LogP contribution is -2.61. The van der Waals surface area contributed by atoms with E-state index in [1.54, 1.807) is 32.9 Å². The molecule has 1 saturated heterocycles. The molecule has 14 nitrogen and oxygen atoms in total. The van der Waals surface area contributed by atoms with Crippen molar-refractivity contribution in [2.45, 2.75) is 103 Å². The van der Waals surface area contributed by atoms with Crippen molar-refractivity contribution >= 4 is 46.5 Å². The van der Waals surface area contributed by atoms with Crippen molar-refractivity contribution in [3.8, 4) is 0 Å². The Labute approximate surface area is 291 Å². The third-order valence-electron chi connectivity index (χ3n) is 8.21. The van der Waals surface area contributed by atoms with Crippen LogP contribution in [0.5, 0.6) is 0 Å². The number of rotatable bonds is 15. The summed E-state index contributed by atoms with van der Waals surface area (Å²) in [5, 5.41) is 13.5. The molecule has 1 aliphatic heterocycles. The number of Topliss-reactive ketones (excluding diaryl/α,β-unsaturated/α-hetero) is 1. The summed E-state index contributed by atoms with van der Waals surface area (Å²) < 4.78 is 21.3. The zero-order valence-corrected chi connectivity index (χ0v) is 30.3. The SMILES string of the molecule is C=CCNC(=O)C(=O)C(CCC)NC(=O)[C@@H]1CCCN1C(=O)[C@@H](NC(=O)N[C@H](CNC(=O)c1ccccc1S(=O)O)C(C)(C)C)C(C)(C)C. The molecule has 0 radical (unpaired) electrons. The van der Waals surface area contributed by atoms with Gasteiger partial charge in [0.05, 0.1) is 22.5 Å². The second-order valence-electron chi connectivity index (χ2n) is 14.2. The van der Waals surface area contributed by atoms with Crippen LogP contribution in [0.1, 0.15) is 84.5 Å². The lowest BCUT2D eigenvalue weighted by molar-refractivity contribution is -0.143. The van der Waals surface area contributed by atoms with Crippen LogP contribution in [0.3, 0.4) is 0 Å². The standard InChI is InChI=1S/C34H52N6O8S/c1-9-14-22(26(41)30(44)35-18-10-2)37-29(43)23-16-13-19-40(23)31(45)27(34(6,7)8)39-32(46)38-25(33(3,4)5)20-36-28(42)21-15-11-12-17-24(21)49(47)48/h10-12,15,17,22-23,25,27H,2,9,13-14,16,18-20H2,1,3-8H3,(H,35,44)(H,36,42)(H,37,43)(H,47,48)(H2,38,39,46)/t22?,23-,25+,27+/m0/s1. The molecule has 1 aromatic rings. The fourth-order valence-corrected chi connectivity index (χ4v) is 5.90. The van der Waals surface area contributed by atoms with Gasteiger partial charge >= 0.3 is 6.03 Å². The van der Waals surface area contributed by atoms with Crippen molar-refractivity contribution in [2.75, 3.05) is 19.6 Å². The van der Waals surface area contributed by atoms with Crippen LogP contribution in [0.4, 0.5) is 4.79 Å². The average molecular weight is 705 g/mol. The smallest absolute Gasteiger partial charge is 0.315 e. The number of hydrogen-bond acceptors (Lipinski definition) is 7. The molecule has 15 heteroatoms. The number of benzene rings is 1. The van der Waals surface area contributed by atoms with Crippen LogP contribution in [0.15, 0.2) is 41.8 Å². The molecule has 1 aromatic carbocycles. The van der Waals surface area contributed by atoms with Gasteiger partial charge in [0.15, 0.2) is 11.1 Å². The summed E-state index contributed by atoms with van der Waals surface area (Å²) in [5.41, 5.74) is -1.31. The van der Waals surface area contributed by atoms with Gasteiger partial charge in [-0.05, 0) is 42.2 Å². The second kappa shape index (κ2) is 18.0. The number of amides is 6. The molecular formula is C34H52N6O8S. The van der Waals surface area contributed by atoms with Crippen LogP contribution in [0.2, 0.25) is 0 Å². The van der Waals surface area contributed by atoms with Gasteiger partial charge in [-0.2, -0.15) is 0 Å². The molecule has 6 amide bonds. The van der Waals surface area contributed by atoms with Gasteiger partial charge in [0.2, 0.25) is 17.6 Å². The normalized spacial score (nSPS) is 17.1. The zero-order chi connectivity index (χ0) is 37.1. The Balaban J connectivity index is 2.19. The van der Waals surface area contributed by atoms with E-state index in [9.17, 15) is 37.5 Å². The summed E-state index contributed by atoms with van der Waals surface area (Å²) in [5.74, 6) is -3.23. The number of urea groups is 1. The monoisotopic (exact) mass is 704 g/mol. The Kier molecular flexibility index (Phi) is 15.1. The third kappa shape index (κ3) is 11.8. The van der Waals surface area contributed by atoms with E-state index in [0.29, 0.717) is 19.3 Å². The fraction of sp³-hybridized carbons (Fsp3) is 0.588. The number of hydrogen-bond donors (Lipinski definition) is 6. The number of carbonyl (C=O) groups excluding carboxylic acids is 6. The van der Waals surface area contributed by atoms with Crippen LogP contribution in [-0.4, -0.2) is 92.9 Å². The lowest BCUT2D eigenvalue weighted by Gasteiger charge is -2.37. The van der Waals surface area contributed by atoms with Crippen molar-refractivity contribution in [1.82, 2.24) is 31.5 Å². The van der Waals surface area contributed by atoms with Crippen LogP contribution >= 0.6 is 0 Å². The van der Waals surface area contributed by atoms with Crippen molar-refractivity contribution in [3.63, 3.8) is 0 Å². The number of ketones is 1. The molecule has 0 aromatic heterocycles. The highest BCUT2D eigenvalue weighted by molar-refractivity contribution is 7.79. The topological polar surface area (TPSA) is 203 Å². The van der Waals surface area contributed by atoms with Crippen LogP contribution in [0, 0.1) is 10.8 Å². The van der Waals surface area contributed by atoms with E-state index in [0.717, 1.165) is 0 Å². The minimum absolute atomic E-state index is 0.0199. The Hall–Kier alpha value is -4.11. The summed E-state index contributed by atoms with van der Waals surface area (Å²) in [7, 11) is 0. The average Bonchev–Trinajstić information content (AvgIpc) is 3.52. The molecule has 49 heavy (non-hydrogen) atoms. The molecule has 2 unspecified atom stereocenters. The quantitative estimate of drug-likeness (QED) is 0.0906. The van der Waals surface area contributed by atoms with Gasteiger partial charge in [0.25, 0.3) is 11.8 Å². The molecular weight excluding hydrogens is 652 g/mol. The van der Waals surface area contributed by atoms with Crippen molar-refractivity contribution in [2.24, 2.45) is 10.8 Å². The maximum absolute atomic E-state index is 14.0. The molecule has 272 valence electrons. The van der Waals surface area contributed by atoms with Crippen molar-refractivity contribution in [1.29, 1.82) is 0 Å². The molecule has 0 saturated carbocycles. The molecule has 1 heterocycles. The maximum atomic E-state index is 14.0. The number of nitrogens with zero attached hydrogens (tertiary/aromatic N) is 1. The molecule has 0 bridgehead atoms. The molecule has 1 fully saturated rings. The van der Waals surface area contributed by atoms with Crippen LogP contribution in [-0.2, 0) is 30.3 Å². The van der Waals surface area contributed by atoms with Gasteiger partial charge in [-0.1, -0.05) is 73.1 Å². The van der Waals surface area contributed by atoms with Gasteiger partial charge in [0, 0.05) is 19.6 Å². The first-order chi connectivity index (χ1) is 22.8. The highest BCUT2D eigenvalue weighted by Crippen LogP contribution is 2.26. The van der Waals surface area contributed by atoms with Gasteiger partial charge in [-0.25, -0.2) is 9.00 Å². The summed E-state index contributed by atoms with van der Waals surface area (Å²) in [6.07, 6.45) is 3.07. The van der Waals surface area contributed by atoms with Crippen LogP contribution < -0.4 is 26.6 Å². The van der Waals surface area contributed by atoms with Crippen molar-refractivity contribution in [3.05, 3.63) is 42.5 Å². The van der Waals surface area contributed by atoms with E-state index in [1.807, 2.05) is 27.7 Å². The summed E-state index contributed by atoms with van der Waals surface area (Å²) in [4.78, 5) is 80.3. The highest BCUT2D eigenvalue weighted by Gasteiger charge is 2.43. The lowest BCUT2D eigenvalue weighted by atomic mass is 9.85. The molecule has 1 aliphatic rings. The molecule has 2 rings (SSSR count). The molecule has 5 atom stereocenters. The minimum atomic E-state index is -2.37. The third-order valence-corrected chi connectivity index (χ3v) is 8.94. The van der Waals surface area contributed by atoms with E-state index < -0.39 is 81.5 Å². The van der Waals surface area contributed by atoms with E-state index in [2.05, 4.69) is 33.2 Å². The van der Waals surface area contributed by atoms with E-state index in [4.69, 9.17) is 0 Å².